The molecule has 1 N–H and O–H groups in total. The topological polar surface area (TPSA) is 41.6 Å². The Hall–Kier alpha value is -0.780. The van der Waals surface area contributed by atoms with Gasteiger partial charge in [0.2, 0.25) is 0 Å². The number of ether oxygens (including phenoxy) is 1. The molecule has 0 atom stereocenters. The van der Waals surface area contributed by atoms with Crippen LogP contribution in [0, 0.1) is 5.92 Å². The molecule has 122 valence electrons. The number of piperidine rings is 1. The number of benzene rings is 1. The third-order valence-electron chi connectivity index (χ3n) is 3.97. The van der Waals surface area contributed by atoms with Crippen LogP contribution in [-0.2, 0) is 4.79 Å². The van der Waals surface area contributed by atoms with E-state index in [1.165, 1.54) is 12.8 Å². The van der Waals surface area contributed by atoms with Crippen molar-refractivity contribution in [3.05, 3.63) is 27.7 Å². The van der Waals surface area contributed by atoms with Crippen LogP contribution < -0.4 is 10.1 Å². The van der Waals surface area contributed by atoms with Gasteiger partial charge in [0.1, 0.15) is 5.75 Å². The van der Waals surface area contributed by atoms with Crippen LogP contribution >= 0.6 is 27.5 Å². The Labute approximate surface area is 145 Å². The van der Waals surface area contributed by atoms with Crippen molar-refractivity contribution >= 4 is 33.4 Å². The maximum Gasteiger partial charge on any atom is 0.257 e. The van der Waals surface area contributed by atoms with Crippen LogP contribution in [0.3, 0.4) is 0 Å². The molecule has 4 nitrogen and oxygen atoms in total. The fraction of sp³-hybridized carbons (Fsp3) is 0.562. The molecule has 1 saturated heterocycles. The lowest BCUT2D eigenvalue weighted by molar-refractivity contribution is -0.123. The molecule has 0 unspecified atom stereocenters. The molecule has 0 bridgehead atoms. The molecular weight excluding hydrogens is 368 g/mol. The zero-order chi connectivity index (χ0) is 15.9. The number of hydrogen-bond donors (Lipinski definition) is 1. The predicted octanol–water partition coefficient (Wildman–Crippen LogP) is 3.33. The molecule has 0 aromatic heterocycles. The van der Waals surface area contributed by atoms with Gasteiger partial charge in [-0.15, -0.1) is 0 Å². The average molecular weight is 390 g/mol. The molecule has 0 saturated carbocycles. The summed E-state index contributed by atoms with van der Waals surface area (Å²) in [5.41, 5.74) is 0. The van der Waals surface area contributed by atoms with Gasteiger partial charge in [0.25, 0.3) is 5.91 Å². The summed E-state index contributed by atoms with van der Waals surface area (Å²) < 4.78 is 6.32. The molecule has 0 spiro atoms. The molecule has 0 radical (unpaired) electrons. The lowest BCUT2D eigenvalue weighted by Crippen LogP contribution is -2.34. The normalized spacial score (nSPS) is 16.5. The Kier molecular flexibility index (Phi) is 6.99. The summed E-state index contributed by atoms with van der Waals surface area (Å²) in [6, 6.07) is 5.33. The minimum atomic E-state index is -0.105. The first kappa shape index (κ1) is 17.6. The summed E-state index contributed by atoms with van der Waals surface area (Å²) in [6.07, 6.45) is 3.48. The van der Waals surface area contributed by atoms with Crippen LogP contribution in [0.25, 0.3) is 0 Å². The smallest absolute Gasteiger partial charge is 0.257 e. The van der Waals surface area contributed by atoms with Crippen LogP contribution in [0.1, 0.15) is 19.3 Å². The highest BCUT2D eigenvalue weighted by molar-refractivity contribution is 9.10. The van der Waals surface area contributed by atoms with Gasteiger partial charge in [-0.1, -0.05) is 27.5 Å². The quantitative estimate of drug-likeness (QED) is 0.811. The molecule has 1 aliphatic rings. The molecule has 1 heterocycles. The molecule has 1 fully saturated rings. The Bertz CT molecular complexity index is 505. The molecule has 1 amide bonds. The Morgan fingerprint density at radius 2 is 2.18 bits per heavy atom. The Morgan fingerprint density at radius 1 is 1.45 bits per heavy atom. The van der Waals surface area contributed by atoms with Gasteiger partial charge in [-0.3, -0.25) is 4.79 Å². The van der Waals surface area contributed by atoms with Crippen molar-refractivity contribution in [3.63, 3.8) is 0 Å². The van der Waals surface area contributed by atoms with E-state index in [-0.39, 0.29) is 12.5 Å². The van der Waals surface area contributed by atoms with Crippen LogP contribution in [0.4, 0.5) is 0 Å². The van der Waals surface area contributed by atoms with Crippen molar-refractivity contribution in [1.29, 1.82) is 0 Å². The van der Waals surface area contributed by atoms with Gasteiger partial charge in [-0.2, -0.15) is 0 Å². The highest BCUT2D eigenvalue weighted by atomic mass is 79.9. The Morgan fingerprint density at radius 3 is 2.86 bits per heavy atom. The first-order valence-electron chi connectivity index (χ1n) is 7.57. The molecule has 6 heteroatoms. The van der Waals surface area contributed by atoms with E-state index in [0.29, 0.717) is 17.3 Å². The monoisotopic (exact) mass is 388 g/mol. The second kappa shape index (κ2) is 8.75. The number of carbonyl (C=O) groups excluding carboxylic acids is 1. The van der Waals surface area contributed by atoms with Crippen LogP contribution in [0.15, 0.2) is 22.7 Å². The average Bonchev–Trinajstić information content (AvgIpc) is 2.48. The predicted molar refractivity (Wildman–Crippen MR) is 92.5 cm³/mol. The fourth-order valence-corrected chi connectivity index (χ4v) is 3.28. The molecule has 1 aliphatic heterocycles. The van der Waals surface area contributed by atoms with Gasteiger partial charge in [-0.05, 0) is 63.5 Å². The summed E-state index contributed by atoms with van der Waals surface area (Å²) in [6.45, 7) is 3.02. The highest BCUT2D eigenvalue weighted by Crippen LogP contribution is 2.27. The third kappa shape index (κ3) is 5.78. The minimum absolute atomic E-state index is 0.00520. The van der Waals surface area contributed by atoms with Crippen LogP contribution in [-0.4, -0.2) is 44.1 Å². The molecule has 0 aliphatic carbocycles. The van der Waals surface area contributed by atoms with E-state index in [9.17, 15) is 4.79 Å². The second-order valence-electron chi connectivity index (χ2n) is 5.75. The zero-order valence-corrected chi connectivity index (χ0v) is 15.1. The maximum absolute atomic E-state index is 11.8. The van der Waals surface area contributed by atoms with Gasteiger partial charge in [0.05, 0.1) is 5.02 Å². The zero-order valence-electron chi connectivity index (χ0n) is 12.8. The number of rotatable bonds is 6. The van der Waals surface area contributed by atoms with Crippen molar-refractivity contribution in [2.24, 2.45) is 5.92 Å². The van der Waals surface area contributed by atoms with Crippen LogP contribution in [0.2, 0.25) is 5.02 Å². The summed E-state index contributed by atoms with van der Waals surface area (Å²) in [5.74, 6) is 1.14. The standard InChI is InChI=1S/C16H22BrClN2O2/c1-20-8-5-12(6-9-20)4-7-19-16(21)11-22-15-3-2-13(17)10-14(15)18/h2-3,10,12H,4-9,11H2,1H3,(H,19,21). The van der Waals surface area contributed by atoms with E-state index in [0.717, 1.165) is 29.9 Å². The van der Waals surface area contributed by atoms with Crippen molar-refractivity contribution in [3.8, 4) is 5.75 Å². The third-order valence-corrected chi connectivity index (χ3v) is 4.75. The van der Waals surface area contributed by atoms with E-state index in [1.807, 2.05) is 6.07 Å². The number of likely N-dealkylation sites (tertiary alicyclic amines) is 1. The molecule has 1 aromatic rings. The number of amides is 1. The number of carbonyl (C=O) groups is 1. The summed E-state index contributed by atoms with van der Waals surface area (Å²) in [4.78, 5) is 14.1. The number of nitrogens with one attached hydrogen (secondary N) is 1. The first-order chi connectivity index (χ1) is 10.5. The van der Waals surface area contributed by atoms with E-state index in [1.54, 1.807) is 12.1 Å². The van der Waals surface area contributed by atoms with E-state index in [2.05, 4.69) is 33.2 Å². The lowest BCUT2D eigenvalue weighted by atomic mass is 9.94. The van der Waals surface area contributed by atoms with Gasteiger partial charge in [0.15, 0.2) is 6.61 Å². The summed E-state index contributed by atoms with van der Waals surface area (Å²) >= 11 is 9.37. The lowest BCUT2D eigenvalue weighted by Gasteiger charge is -2.28. The Balaban J connectivity index is 1.63. The molecule has 1 aromatic carbocycles. The van der Waals surface area contributed by atoms with Gasteiger partial charge in [0, 0.05) is 11.0 Å². The van der Waals surface area contributed by atoms with Gasteiger partial charge in [-0.25, -0.2) is 0 Å². The molecule has 22 heavy (non-hydrogen) atoms. The second-order valence-corrected chi connectivity index (χ2v) is 7.07. The van der Waals surface area contributed by atoms with E-state index < -0.39 is 0 Å². The minimum Gasteiger partial charge on any atom is -0.482 e. The molecular formula is C16H22BrClN2O2. The number of halogens is 2. The van der Waals surface area contributed by atoms with Gasteiger partial charge >= 0.3 is 0 Å². The van der Waals surface area contributed by atoms with E-state index >= 15 is 0 Å². The van der Waals surface area contributed by atoms with Crippen molar-refractivity contribution in [2.75, 3.05) is 33.3 Å². The fourth-order valence-electron chi connectivity index (χ4n) is 2.55. The van der Waals surface area contributed by atoms with Crippen molar-refractivity contribution < 1.29 is 9.53 Å². The molecule has 2 rings (SSSR count). The summed E-state index contributed by atoms with van der Waals surface area (Å²) in [5, 5.41) is 3.41. The largest absolute Gasteiger partial charge is 0.482 e. The highest BCUT2D eigenvalue weighted by Gasteiger charge is 2.16. The van der Waals surface area contributed by atoms with Crippen molar-refractivity contribution in [1.82, 2.24) is 10.2 Å². The van der Waals surface area contributed by atoms with Crippen LogP contribution in [0.5, 0.6) is 5.75 Å². The van der Waals surface area contributed by atoms with E-state index in [4.69, 9.17) is 16.3 Å². The number of nitrogens with zero attached hydrogens (tertiary/aromatic N) is 1. The van der Waals surface area contributed by atoms with Gasteiger partial charge < -0.3 is 15.0 Å². The maximum atomic E-state index is 11.8. The SMILES string of the molecule is CN1CCC(CCNC(=O)COc2ccc(Br)cc2Cl)CC1. The first-order valence-corrected chi connectivity index (χ1v) is 8.75. The summed E-state index contributed by atoms with van der Waals surface area (Å²) in [7, 11) is 2.16. The number of hydrogen-bond acceptors (Lipinski definition) is 3. The van der Waals surface area contributed by atoms with Crippen molar-refractivity contribution in [2.45, 2.75) is 19.3 Å².